The number of fused-ring (bicyclic) bond motifs is 3. The number of nitrogens with zero attached hydrogens (tertiary/aromatic N) is 2. The summed E-state index contributed by atoms with van der Waals surface area (Å²) in [6, 6.07) is 10.3. The number of anilines is 2. The Balaban J connectivity index is 1.81. The van der Waals surface area contributed by atoms with Gasteiger partial charge in [-0.1, -0.05) is 17.4 Å². The number of rotatable bonds is 4. The summed E-state index contributed by atoms with van der Waals surface area (Å²) in [5.41, 5.74) is 1.34. The Morgan fingerprint density at radius 3 is 2.81 bits per heavy atom. The summed E-state index contributed by atoms with van der Waals surface area (Å²) in [5, 5.41) is 11.0. The number of aromatic nitrogens is 2. The number of hydrogen-bond donors (Lipinski definition) is 2. The van der Waals surface area contributed by atoms with E-state index >= 15 is 0 Å². The highest BCUT2D eigenvalue weighted by atomic mass is 32.2. The number of sulfonamides is 1. The van der Waals surface area contributed by atoms with E-state index in [0.29, 0.717) is 16.6 Å². The van der Waals surface area contributed by atoms with Gasteiger partial charge in [0, 0.05) is 23.2 Å². The standard InChI is InChI=1S/C17H14N4O3S2/c1-24-14-4-3-11(26(18,22)23)8-13(14)20-17-21-16-12-6-7-19-9-10(12)2-5-15(16)25-17/h2-9H,1H3,(H,20,21)(H2,18,22,23). The van der Waals surface area contributed by atoms with Crippen LogP contribution in [0.25, 0.3) is 21.0 Å². The first-order valence-corrected chi connectivity index (χ1v) is 9.93. The van der Waals surface area contributed by atoms with Crippen LogP contribution in [0.4, 0.5) is 10.8 Å². The zero-order chi connectivity index (χ0) is 18.3. The quantitative estimate of drug-likeness (QED) is 0.557. The summed E-state index contributed by atoms with van der Waals surface area (Å²) >= 11 is 1.46. The average molecular weight is 386 g/mol. The summed E-state index contributed by atoms with van der Waals surface area (Å²) in [6.45, 7) is 0. The van der Waals surface area contributed by atoms with E-state index in [4.69, 9.17) is 9.88 Å². The van der Waals surface area contributed by atoms with Crippen molar-refractivity contribution in [2.24, 2.45) is 5.14 Å². The van der Waals surface area contributed by atoms with Gasteiger partial charge in [0.1, 0.15) is 5.75 Å². The first-order chi connectivity index (χ1) is 12.5. The minimum atomic E-state index is -3.82. The van der Waals surface area contributed by atoms with Gasteiger partial charge in [0.2, 0.25) is 10.0 Å². The molecule has 0 aliphatic rings. The van der Waals surface area contributed by atoms with Crippen molar-refractivity contribution in [1.29, 1.82) is 0 Å². The Hall–Kier alpha value is -2.75. The van der Waals surface area contributed by atoms with Crippen molar-refractivity contribution >= 4 is 53.2 Å². The summed E-state index contributed by atoms with van der Waals surface area (Å²) < 4.78 is 29.5. The van der Waals surface area contributed by atoms with Crippen LogP contribution in [0.15, 0.2) is 53.7 Å². The second-order valence-corrected chi connectivity index (χ2v) is 8.15. The second kappa shape index (κ2) is 6.20. The van der Waals surface area contributed by atoms with Crippen LogP contribution < -0.4 is 15.2 Å². The van der Waals surface area contributed by atoms with E-state index in [2.05, 4.69) is 15.3 Å². The van der Waals surface area contributed by atoms with Gasteiger partial charge in [-0.15, -0.1) is 0 Å². The lowest BCUT2D eigenvalue weighted by atomic mass is 10.1. The summed E-state index contributed by atoms with van der Waals surface area (Å²) in [5.74, 6) is 0.491. The van der Waals surface area contributed by atoms with Gasteiger partial charge in [-0.2, -0.15) is 0 Å². The van der Waals surface area contributed by atoms with E-state index in [1.165, 1.54) is 30.6 Å². The molecule has 7 nitrogen and oxygen atoms in total. The second-order valence-electron chi connectivity index (χ2n) is 5.56. The van der Waals surface area contributed by atoms with Gasteiger partial charge in [0.05, 0.1) is 27.9 Å². The van der Waals surface area contributed by atoms with Crippen molar-refractivity contribution in [2.45, 2.75) is 4.90 Å². The molecule has 0 atom stereocenters. The number of hydrogen-bond acceptors (Lipinski definition) is 7. The number of primary sulfonamides is 1. The molecule has 2 aromatic carbocycles. The Morgan fingerprint density at radius 1 is 1.19 bits per heavy atom. The minimum Gasteiger partial charge on any atom is -0.495 e. The van der Waals surface area contributed by atoms with Crippen molar-refractivity contribution in [1.82, 2.24) is 9.97 Å². The molecule has 4 aromatic rings. The topological polar surface area (TPSA) is 107 Å². The SMILES string of the molecule is COc1ccc(S(N)(=O)=O)cc1Nc1nc2c(ccc3cnccc32)s1. The van der Waals surface area contributed by atoms with Crippen molar-refractivity contribution in [2.75, 3.05) is 12.4 Å². The third-order valence-electron chi connectivity index (χ3n) is 3.92. The average Bonchev–Trinajstić information content (AvgIpc) is 3.04. The van der Waals surface area contributed by atoms with Gasteiger partial charge in [0.25, 0.3) is 0 Å². The summed E-state index contributed by atoms with van der Waals surface area (Å²) in [7, 11) is -2.31. The van der Waals surface area contributed by atoms with Crippen LogP contribution >= 0.6 is 11.3 Å². The van der Waals surface area contributed by atoms with Crippen LogP contribution in [-0.2, 0) is 10.0 Å². The summed E-state index contributed by atoms with van der Waals surface area (Å²) in [4.78, 5) is 8.77. The fraction of sp³-hybridized carbons (Fsp3) is 0.0588. The molecule has 3 N–H and O–H groups in total. The molecule has 2 heterocycles. The van der Waals surface area contributed by atoms with Crippen molar-refractivity contribution in [3.8, 4) is 5.75 Å². The predicted molar refractivity (Wildman–Crippen MR) is 103 cm³/mol. The lowest BCUT2D eigenvalue weighted by Crippen LogP contribution is -2.12. The molecule has 132 valence electrons. The first kappa shape index (κ1) is 16.7. The Morgan fingerprint density at radius 2 is 2.04 bits per heavy atom. The van der Waals surface area contributed by atoms with Crippen molar-refractivity contribution < 1.29 is 13.2 Å². The number of methoxy groups -OCH3 is 1. The molecular weight excluding hydrogens is 372 g/mol. The molecule has 0 unspecified atom stereocenters. The molecule has 9 heteroatoms. The highest BCUT2D eigenvalue weighted by Gasteiger charge is 2.14. The van der Waals surface area contributed by atoms with Gasteiger partial charge in [-0.05, 0) is 30.3 Å². The molecule has 0 spiro atoms. The molecule has 0 saturated carbocycles. The van der Waals surface area contributed by atoms with Crippen molar-refractivity contribution in [3.63, 3.8) is 0 Å². The van der Waals surface area contributed by atoms with Crippen LogP contribution in [0, 0.1) is 0 Å². The predicted octanol–water partition coefficient (Wildman–Crippen LogP) is 3.24. The largest absolute Gasteiger partial charge is 0.495 e. The highest BCUT2D eigenvalue weighted by molar-refractivity contribution is 7.89. The van der Waals surface area contributed by atoms with Crippen LogP contribution in [0.3, 0.4) is 0 Å². The van der Waals surface area contributed by atoms with Crippen LogP contribution in [-0.4, -0.2) is 25.5 Å². The van der Waals surface area contributed by atoms with Crippen LogP contribution in [0.5, 0.6) is 5.75 Å². The van der Waals surface area contributed by atoms with E-state index in [1.807, 2.05) is 18.2 Å². The molecule has 0 saturated heterocycles. The fourth-order valence-electron chi connectivity index (χ4n) is 2.69. The Kier molecular flexibility index (Phi) is 3.98. The van der Waals surface area contributed by atoms with E-state index in [-0.39, 0.29) is 4.90 Å². The zero-order valence-corrected chi connectivity index (χ0v) is 15.3. The molecule has 0 radical (unpaired) electrons. The molecular formula is C17H14N4O3S2. The smallest absolute Gasteiger partial charge is 0.238 e. The van der Waals surface area contributed by atoms with E-state index in [0.717, 1.165) is 21.0 Å². The van der Waals surface area contributed by atoms with Gasteiger partial charge >= 0.3 is 0 Å². The fourth-order valence-corrected chi connectivity index (χ4v) is 4.12. The number of nitrogens with two attached hydrogens (primary N) is 1. The molecule has 0 fully saturated rings. The van der Waals surface area contributed by atoms with E-state index < -0.39 is 10.0 Å². The van der Waals surface area contributed by atoms with Gasteiger partial charge in [-0.25, -0.2) is 18.5 Å². The monoisotopic (exact) mass is 386 g/mol. The molecule has 0 aliphatic heterocycles. The maximum Gasteiger partial charge on any atom is 0.238 e. The zero-order valence-electron chi connectivity index (χ0n) is 13.6. The first-order valence-electron chi connectivity index (χ1n) is 7.57. The lowest BCUT2D eigenvalue weighted by molar-refractivity contribution is 0.416. The Bertz CT molecular complexity index is 1240. The van der Waals surface area contributed by atoms with E-state index in [9.17, 15) is 8.42 Å². The van der Waals surface area contributed by atoms with E-state index in [1.54, 1.807) is 18.5 Å². The highest BCUT2D eigenvalue weighted by Crippen LogP contribution is 2.35. The Labute approximate surface area is 153 Å². The van der Waals surface area contributed by atoms with Crippen molar-refractivity contribution in [3.05, 3.63) is 48.8 Å². The summed E-state index contributed by atoms with van der Waals surface area (Å²) in [6.07, 6.45) is 3.52. The molecule has 0 bridgehead atoms. The maximum atomic E-state index is 11.6. The maximum absolute atomic E-state index is 11.6. The molecule has 26 heavy (non-hydrogen) atoms. The third-order valence-corrected chi connectivity index (χ3v) is 5.76. The minimum absolute atomic E-state index is 0.00145. The molecule has 0 amide bonds. The number of ether oxygens (including phenoxy) is 1. The van der Waals surface area contributed by atoms with Crippen LogP contribution in [0.1, 0.15) is 0 Å². The third kappa shape index (κ3) is 2.96. The molecule has 4 rings (SSSR count). The van der Waals surface area contributed by atoms with Gasteiger partial charge in [-0.3, -0.25) is 4.98 Å². The number of thiazole rings is 1. The van der Waals surface area contributed by atoms with Gasteiger partial charge in [0.15, 0.2) is 5.13 Å². The lowest BCUT2D eigenvalue weighted by Gasteiger charge is -2.10. The molecule has 0 aliphatic carbocycles. The number of nitrogens with one attached hydrogen (secondary N) is 1. The molecule has 2 aromatic heterocycles. The van der Waals surface area contributed by atoms with Crippen LogP contribution in [0.2, 0.25) is 0 Å². The van der Waals surface area contributed by atoms with Gasteiger partial charge < -0.3 is 10.1 Å². The number of benzene rings is 2. The number of pyridine rings is 1. The normalized spacial score (nSPS) is 11.8.